The van der Waals surface area contributed by atoms with E-state index in [0.29, 0.717) is 25.6 Å². The molecule has 2 aliphatic heterocycles. The van der Waals surface area contributed by atoms with Crippen LogP contribution in [0.3, 0.4) is 0 Å². The number of nitrogens with one attached hydrogen (secondary N) is 1. The number of ether oxygens (including phenoxy) is 2. The minimum Gasteiger partial charge on any atom is -0.444 e. The third kappa shape index (κ3) is 8.22. The Hall–Kier alpha value is -1.54. The van der Waals surface area contributed by atoms with Crippen LogP contribution in [0.5, 0.6) is 0 Å². The summed E-state index contributed by atoms with van der Waals surface area (Å²) in [7, 11) is 0. The van der Waals surface area contributed by atoms with Crippen LogP contribution in [0.4, 0.5) is 4.79 Å². The molecular formula is C20H39N5O3. The molecule has 3 N–H and O–H groups in total. The maximum atomic E-state index is 12.2. The van der Waals surface area contributed by atoms with Gasteiger partial charge >= 0.3 is 6.09 Å². The molecule has 2 heterocycles. The van der Waals surface area contributed by atoms with Crippen molar-refractivity contribution in [3.8, 4) is 0 Å². The summed E-state index contributed by atoms with van der Waals surface area (Å²) < 4.78 is 10.8. The summed E-state index contributed by atoms with van der Waals surface area (Å²) in [5.74, 6) is 0.512. The fourth-order valence-corrected chi connectivity index (χ4v) is 3.39. The van der Waals surface area contributed by atoms with Crippen molar-refractivity contribution in [3.05, 3.63) is 0 Å². The number of likely N-dealkylation sites (tertiary alicyclic amines) is 1. The predicted octanol–water partition coefficient (Wildman–Crippen LogP) is 1.65. The molecule has 2 aliphatic rings. The van der Waals surface area contributed by atoms with Crippen molar-refractivity contribution in [1.29, 1.82) is 0 Å². The molecule has 0 aliphatic carbocycles. The van der Waals surface area contributed by atoms with Gasteiger partial charge in [0, 0.05) is 39.3 Å². The van der Waals surface area contributed by atoms with Gasteiger partial charge in [-0.15, -0.1) is 0 Å². The van der Waals surface area contributed by atoms with E-state index in [1.54, 1.807) is 4.90 Å². The lowest BCUT2D eigenvalue weighted by Crippen LogP contribution is -2.45. The number of aliphatic imine (C=N–C) groups is 1. The molecule has 0 aromatic heterocycles. The minimum atomic E-state index is -0.454. The van der Waals surface area contributed by atoms with Gasteiger partial charge in [-0.1, -0.05) is 6.92 Å². The molecule has 8 nitrogen and oxygen atoms in total. The van der Waals surface area contributed by atoms with Crippen LogP contribution >= 0.6 is 0 Å². The summed E-state index contributed by atoms with van der Waals surface area (Å²) >= 11 is 0. The van der Waals surface area contributed by atoms with Crippen LogP contribution in [0.1, 0.15) is 47.0 Å². The average Bonchev–Trinajstić information content (AvgIpc) is 2.64. The number of nitrogens with two attached hydrogens (primary N) is 1. The Kier molecular flexibility index (Phi) is 8.37. The van der Waals surface area contributed by atoms with Crippen molar-refractivity contribution in [2.75, 3.05) is 59.0 Å². The molecule has 0 radical (unpaired) electrons. The predicted molar refractivity (Wildman–Crippen MR) is 112 cm³/mol. The summed E-state index contributed by atoms with van der Waals surface area (Å²) in [6, 6.07) is 0. The van der Waals surface area contributed by atoms with E-state index in [-0.39, 0.29) is 11.5 Å². The molecule has 28 heavy (non-hydrogen) atoms. The average molecular weight is 398 g/mol. The smallest absolute Gasteiger partial charge is 0.410 e. The number of guanidine groups is 1. The highest BCUT2D eigenvalue weighted by Gasteiger charge is 2.33. The van der Waals surface area contributed by atoms with Crippen molar-refractivity contribution >= 4 is 12.1 Å². The zero-order valence-corrected chi connectivity index (χ0v) is 18.1. The summed E-state index contributed by atoms with van der Waals surface area (Å²) in [6.07, 6.45) is 2.62. The van der Waals surface area contributed by atoms with Crippen LogP contribution in [0.2, 0.25) is 0 Å². The standard InChI is InChI=1S/C20H39N5O3/c1-19(2,3)28-18(26)25-10-6-20(4,7-11-25)16-23-17(21)22-8-5-9-24-12-14-27-15-13-24/h5-16H2,1-4H3,(H3,21,22,23). The van der Waals surface area contributed by atoms with Gasteiger partial charge in [-0.05, 0) is 52.0 Å². The van der Waals surface area contributed by atoms with Crippen molar-refractivity contribution in [2.45, 2.75) is 52.6 Å². The van der Waals surface area contributed by atoms with Gasteiger partial charge in [-0.25, -0.2) is 4.79 Å². The first kappa shape index (κ1) is 22.7. The number of rotatable bonds is 6. The highest BCUT2D eigenvalue weighted by Crippen LogP contribution is 2.31. The molecule has 2 saturated heterocycles. The molecule has 0 spiro atoms. The second kappa shape index (κ2) is 10.3. The van der Waals surface area contributed by atoms with Crippen LogP contribution in [0.15, 0.2) is 4.99 Å². The number of hydrogen-bond acceptors (Lipinski definition) is 5. The van der Waals surface area contributed by atoms with Crippen LogP contribution in [0.25, 0.3) is 0 Å². The number of nitrogens with zero attached hydrogens (tertiary/aromatic N) is 3. The van der Waals surface area contributed by atoms with Crippen molar-refractivity contribution in [3.63, 3.8) is 0 Å². The molecule has 8 heteroatoms. The van der Waals surface area contributed by atoms with Crippen molar-refractivity contribution < 1.29 is 14.3 Å². The first-order valence-electron chi connectivity index (χ1n) is 10.5. The molecule has 1 amide bonds. The van der Waals surface area contributed by atoms with E-state index in [9.17, 15) is 4.79 Å². The molecule has 2 fully saturated rings. The van der Waals surface area contributed by atoms with Crippen LogP contribution in [-0.4, -0.2) is 86.5 Å². The van der Waals surface area contributed by atoms with E-state index in [2.05, 4.69) is 22.1 Å². The topological polar surface area (TPSA) is 92.4 Å². The minimum absolute atomic E-state index is 0.0681. The highest BCUT2D eigenvalue weighted by atomic mass is 16.6. The fourth-order valence-electron chi connectivity index (χ4n) is 3.39. The van der Waals surface area contributed by atoms with Crippen LogP contribution < -0.4 is 11.1 Å². The molecule has 2 rings (SSSR count). The van der Waals surface area contributed by atoms with Gasteiger partial charge in [0.05, 0.1) is 13.2 Å². The number of amides is 1. The lowest BCUT2D eigenvalue weighted by atomic mass is 9.80. The van der Waals surface area contributed by atoms with Gasteiger partial charge in [0.15, 0.2) is 5.96 Å². The Morgan fingerprint density at radius 2 is 1.86 bits per heavy atom. The molecular weight excluding hydrogens is 358 g/mol. The zero-order valence-electron chi connectivity index (χ0n) is 18.1. The summed E-state index contributed by atoms with van der Waals surface area (Å²) in [4.78, 5) is 20.9. The van der Waals surface area contributed by atoms with E-state index in [1.165, 1.54) is 0 Å². The molecule has 0 aromatic rings. The van der Waals surface area contributed by atoms with Crippen molar-refractivity contribution in [1.82, 2.24) is 15.1 Å². The monoisotopic (exact) mass is 397 g/mol. The maximum Gasteiger partial charge on any atom is 0.410 e. The quantitative estimate of drug-likeness (QED) is 0.402. The second-order valence-electron chi connectivity index (χ2n) is 9.21. The molecule has 0 unspecified atom stereocenters. The summed E-state index contributed by atoms with van der Waals surface area (Å²) in [6.45, 7) is 15.6. The maximum absolute atomic E-state index is 12.2. The van der Waals surface area contributed by atoms with Crippen molar-refractivity contribution in [2.24, 2.45) is 16.1 Å². The number of carbonyl (C=O) groups excluding carboxylic acids is 1. The fraction of sp³-hybridized carbons (Fsp3) is 0.900. The molecule has 162 valence electrons. The third-order valence-corrected chi connectivity index (χ3v) is 5.31. The number of morpholine rings is 1. The Morgan fingerprint density at radius 1 is 1.21 bits per heavy atom. The van der Waals surface area contributed by atoms with Gasteiger partial charge in [-0.3, -0.25) is 9.89 Å². The first-order chi connectivity index (χ1) is 13.2. The Bertz CT molecular complexity index is 518. The second-order valence-corrected chi connectivity index (χ2v) is 9.21. The van der Waals surface area contributed by atoms with Gasteiger partial charge in [0.2, 0.25) is 0 Å². The van der Waals surface area contributed by atoms with E-state index in [1.807, 2.05) is 20.8 Å². The lowest BCUT2D eigenvalue weighted by Gasteiger charge is -2.38. The third-order valence-electron chi connectivity index (χ3n) is 5.31. The normalized spacial score (nSPS) is 21.4. The largest absolute Gasteiger partial charge is 0.444 e. The van der Waals surface area contributed by atoms with Gasteiger partial charge in [-0.2, -0.15) is 0 Å². The Morgan fingerprint density at radius 3 is 2.46 bits per heavy atom. The van der Waals surface area contributed by atoms with Crippen LogP contribution in [0, 0.1) is 5.41 Å². The van der Waals surface area contributed by atoms with Gasteiger partial charge < -0.3 is 25.4 Å². The summed E-state index contributed by atoms with van der Waals surface area (Å²) in [5.41, 5.74) is 5.65. The lowest BCUT2D eigenvalue weighted by molar-refractivity contribution is 0.0127. The molecule has 0 atom stereocenters. The number of hydrogen-bond donors (Lipinski definition) is 2. The van der Waals surface area contributed by atoms with E-state index < -0.39 is 5.60 Å². The van der Waals surface area contributed by atoms with Gasteiger partial charge in [0.25, 0.3) is 0 Å². The SMILES string of the molecule is CC1(CN=C(N)NCCCN2CCOCC2)CCN(C(=O)OC(C)(C)C)CC1. The number of piperidine rings is 1. The van der Waals surface area contributed by atoms with E-state index in [0.717, 1.165) is 58.7 Å². The Labute approximate surface area is 169 Å². The zero-order chi connectivity index (χ0) is 20.6. The molecule has 0 saturated carbocycles. The van der Waals surface area contributed by atoms with E-state index >= 15 is 0 Å². The van der Waals surface area contributed by atoms with Gasteiger partial charge in [0.1, 0.15) is 5.60 Å². The van der Waals surface area contributed by atoms with E-state index in [4.69, 9.17) is 15.2 Å². The molecule has 0 aromatic carbocycles. The molecule has 0 bridgehead atoms. The first-order valence-corrected chi connectivity index (χ1v) is 10.5. The summed E-state index contributed by atoms with van der Waals surface area (Å²) in [5, 5.41) is 3.22. The number of carbonyl (C=O) groups is 1. The highest BCUT2D eigenvalue weighted by molar-refractivity contribution is 5.77. The van der Waals surface area contributed by atoms with Crippen LogP contribution in [-0.2, 0) is 9.47 Å². The Balaban J connectivity index is 1.64.